The third kappa shape index (κ3) is 4.91. The van der Waals surface area contributed by atoms with Gasteiger partial charge in [0.15, 0.2) is 0 Å². The molecular formula is C28H36N4O4. The Hall–Kier alpha value is -2.78. The molecule has 0 radical (unpaired) electrons. The summed E-state index contributed by atoms with van der Waals surface area (Å²) in [6.45, 7) is 5.42. The van der Waals surface area contributed by atoms with Gasteiger partial charge in [-0.05, 0) is 43.8 Å². The Labute approximate surface area is 212 Å². The predicted molar refractivity (Wildman–Crippen MR) is 139 cm³/mol. The van der Waals surface area contributed by atoms with Gasteiger partial charge >= 0.3 is 0 Å². The minimum absolute atomic E-state index is 0.0187. The molecular weight excluding hydrogens is 456 g/mol. The van der Waals surface area contributed by atoms with Gasteiger partial charge in [-0.1, -0.05) is 36.4 Å². The first-order chi connectivity index (χ1) is 17.6. The van der Waals surface area contributed by atoms with Crippen LogP contribution in [0.1, 0.15) is 29.3 Å². The molecule has 5 rings (SSSR count). The zero-order valence-corrected chi connectivity index (χ0v) is 20.9. The first kappa shape index (κ1) is 24.9. The van der Waals surface area contributed by atoms with Crippen molar-refractivity contribution in [3.8, 4) is 0 Å². The van der Waals surface area contributed by atoms with Crippen LogP contribution >= 0.6 is 0 Å². The van der Waals surface area contributed by atoms with Crippen LogP contribution in [0.25, 0.3) is 12.2 Å². The van der Waals surface area contributed by atoms with Gasteiger partial charge in [0.1, 0.15) is 0 Å². The van der Waals surface area contributed by atoms with Crippen LogP contribution < -0.4 is 10.9 Å². The quantitative estimate of drug-likeness (QED) is 0.543. The van der Waals surface area contributed by atoms with Gasteiger partial charge in [0, 0.05) is 55.9 Å². The van der Waals surface area contributed by atoms with Gasteiger partial charge in [0.2, 0.25) is 5.91 Å². The van der Waals surface area contributed by atoms with Gasteiger partial charge in [0.05, 0.1) is 25.3 Å². The molecule has 3 aliphatic rings. The molecule has 4 atom stereocenters. The number of ether oxygens (including phenoxy) is 1. The number of likely N-dealkylation sites (tertiary alicyclic amines) is 1. The monoisotopic (exact) mass is 492 g/mol. The van der Waals surface area contributed by atoms with Gasteiger partial charge in [-0.15, -0.1) is 0 Å². The number of carbonyl (C=O) groups is 1. The van der Waals surface area contributed by atoms with Crippen LogP contribution in [0.4, 0.5) is 0 Å². The average molecular weight is 493 g/mol. The molecule has 2 saturated heterocycles. The van der Waals surface area contributed by atoms with E-state index in [1.54, 1.807) is 0 Å². The van der Waals surface area contributed by atoms with Gasteiger partial charge in [-0.3, -0.25) is 19.4 Å². The number of likely N-dealkylation sites (N-methyl/N-ethyl adjacent to an activating group) is 1. The molecule has 1 amide bonds. The maximum atomic E-state index is 13.3. The number of benzene rings is 1. The number of nitrogens with zero attached hydrogens (tertiary/aromatic N) is 3. The highest BCUT2D eigenvalue weighted by Crippen LogP contribution is 2.48. The first-order valence-electron chi connectivity index (χ1n) is 13.0. The Bertz CT molecular complexity index is 1140. The van der Waals surface area contributed by atoms with E-state index in [1.807, 2.05) is 66.2 Å². The van der Waals surface area contributed by atoms with E-state index in [1.165, 1.54) is 0 Å². The van der Waals surface area contributed by atoms with Crippen molar-refractivity contribution >= 4 is 18.1 Å². The smallest absolute Gasteiger partial charge is 0.258 e. The number of aliphatic hydroxyl groups excluding tert-OH is 1. The number of aromatic nitrogens is 1. The number of pyridine rings is 1. The van der Waals surface area contributed by atoms with Crippen molar-refractivity contribution in [3.63, 3.8) is 0 Å². The van der Waals surface area contributed by atoms with E-state index in [4.69, 9.17) is 4.74 Å². The van der Waals surface area contributed by atoms with Crippen molar-refractivity contribution in [1.82, 2.24) is 19.7 Å². The summed E-state index contributed by atoms with van der Waals surface area (Å²) < 4.78 is 7.22. The van der Waals surface area contributed by atoms with Crippen molar-refractivity contribution in [2.75, 3.05) is 53.0 Å². The van der Waals surface area contributed by atoms with Crippen LogP contribution in [0.2, 0.25) is 0 Å². The zero-order valence-electron chi connectivity index (χ0n) is 20.9. The normalized spacial score (nSPS) is 26.3. The fourth-order valence-electron chi connectivity index (χ4n) is 6.11. The van der Waals surface area contributed by atoms with Crippen LogP contribution in [0.5, 0.6) is 0 Å². The maximum Gasteiger partial charge on any atom is 0.258 e. The number of nitrogens with one attached hydrogen (secondary N) is 1. The fraction of sp³-hybridized carbons (Fsp3) is 0.500. The Morgan fingerprint density at radius 3 is 2.67 bits per heavy atom. The lowest BCUT2D eigenvalue weighted by atomic mass is 9.88. The van der Waals surface area contributed by atoms with Gasteiger partial charge in [0.25, 0.3) is 5.56 Å². The molecule has 0 saturated carbocycles. The lowest BCUT2D eigenvalue weighted by molar-refractivity contribution is -0.127. The summed E-state index contributed by atoms with van der Waals surface area (Å²) in [7, 11) is 1.94. The molecule has 0 unspecified atom stereocenters. The van der Waals surface area contributed by atoms with E-state index in [9.17, 15) is 14.7 Å². The number of hydrogen-bond acceptors (Lipinski definition) is 6. The Balaban J connectivity index is 1.26. The van der Waals surface area contributed by atoms with Crippen molar-refractivity contribution in [2.45, 2.75) is 25.0 Å². The minimum Gasteiger partial charge on any atom is -0.396 e. The number of aliphatic hydroxyl groups is 1. The summed E-state index contributed by atoms with van der Waals surface area (Å²) in [4.78, 5) is 30.9. The van der Waals surface area contributed by atoms with Crippen LogP contribution in [0.3, 0.4) is 0 Å². The molecule has 0 spiro atoms. The SMILES string of the molecule is CN1[C@H](C(=O)NCCCN2CCOCC2)[C@@H](CO)[C@@H]2Cn3c(ccc(/C=C/c4ccccc4)c3=O)[C@@H]21. The molecule has 0 aliphatic carbocycles. The molecule has 3 aliphatic heterocycles. The average Bonchev–Trinajstić information content (AvgIpc) is 3.42. The number of amides is 1. The highest BCUT2D eigenvalue weighted by molar-refractivity contribution is 5.82. The number of morpholine rings is 1. The maximum absolute atomic E-state index is 13.3. The second kappa shape index (κ2) is 11.1. The summed E-state index contributed by atoms with van der Waals surface area (Å²) in [6.07, 6.45) is 4.69. The van der Waals surface area contributed by atoms with Crippen molar-refractivity contribution < 1.29 is 14.6 Å². The molecule has 8 nitrogen and oxygen atoms in total. The molecule has 192 valence electrons. The van der Waals surface area contributed by atoms with Crippen LogP contribution in [0, 0.1) is 11.8 Å². The van der Waals surface area contributed by atoms with E-state index in [2.05, 4.69) is 15.1 Å². The summed E-state index contributed by atoms with van der Waals surface area (Å²) >= 11 is 0. The molecule has 8 heteroatoms. The van der Waals surface area contributed by atoms with Gasteiger partial charge in [-0.2, -0.15) is 0 Å². The standard InChI is InChI=1S/C28H36N4O4/c1-30-25-22(23(19-33)26(30)27(34)29-12-5-13-31-14-16-36-17-15-31)18-32-24(25)11-10-21(28(32)35)9-8-20-6-3-2-4-7-20/h2-4,6-11,22-23,25-26,33H,5,12-19H2,1H3,(H,29,34)/b9-8+/t22-,23-,25+,26-/m0/s1. The van der Waals surface area contributed by atoms with E-state index in [-0.39, 0.29) is 36.0 Å². The third-order valence-electron chi connectivity index (χ3n) is 7.96. The van der Waals surface area contributed by atoms with E-state index < -0.39 is 6.04 Å². The molecule has 1 aromatic carbocycles. The lowest BCUT2D eigenvalue weighted by Crippen LogP contribution is -2.47. The second-order valence-corrected chi connectivity index (χ2v) is 10.0. The lowest BCUT2D eigenvalue weighted by Gasteiger charge is -2.28. The number of rotatable bonds is 8. The highest BCUT2D eigenvalue weighted by Gasteiger charge is 2.54. The molecule has 2 N–H and O–H groups in total. The van der Waals surface area contributed by atoms with Crippen molar-refractivity contribution in [2.24, 2.45) is 11.8 Å². The van der Waals surface area contributed by atoms with Gasteiger partial charge in [-0.25, -0.2) is 0 Å². The molecule has 1 aromatic heterocycles. The first-order valence-corrected chi connectivity index (χ1v) is 13.0. The number of fused-ring (bicyclic) bond motifs is 3. The van der Waals surface area contributed by atoms with Crippen LogP contribution in [0.15, 0.2) is 47.3 Å². The highest BCUT2D eigenvalue weighted by atomic mass is 16.5. The van der Waals surface area contributed by atoms with Crippen LogP contribution in [-0.4, -0.2) is 84.5 Å². The third-order valence-corrected chi connectivity index (χ3v) is 7.96. The zero-order chi connectivity index (χ0) is 25.1. The second-order valence-electron chi connectivity index (χ2n) is 10.0. The fourth-order valence-corrected chi connectivity index (χ4v) is 6.11. The minimum atomic E-state index is -0.408. The predicted octanol–water partition coefficient (Wildman–Crippen LogP) is 1.45. The summed E-state index contributed by atoms with van der Waals surface area (Å²) in [5.74, 6) is -0.240. The summed E-state index contributed by atoms with van der Waals surface area (Å²) in [6, 6.07) is 13.3. The van der Waals surface area contributed by atoms with Gasteiger partial charge < -0.3 is 19.7 Å². The molecule has 36 heavy (non-hydrogen) atoms. The molecule has 0 bridgehead atoms. The van der Waals surface area contributed by atoms with E-state index >= 15 is 0 Å². The summed E-state index contributed by atoms with van der Waals surface area (Å²) in [5.41, 5.74) is 2.58. The van der Waals surface area contributed by atoms with Crippen LogP contribution in [-0.2, 0) is 16.1 Å². The van der Waals surface area contributed by atoms with Crippen molar-refractivity contribution in [3.05, 3.63) is 69.6 Å². The Morgan fingerprint density at radius 1 is 1.14 bits per heavy atom. The molecule has 4 heterocycles. The number of hydrogen-bond donors (Lipinski definition) is 2. The Morgan fingerprint density at radius 2 is 1.92 bits per heavy atom. The largest absolute Gasteiger partial charge is 0.396 e. The van der Waals surface area contributed by atoms with Crippen molar-refractivity contribution in [1.29, 1.82) is 0 Å². The molecule has 2 fully saturated rings. The summed E-state index contributed by atoms with van der Waals surface area (Å²) in [5, 5.41) is 13.4. The van der Waals surface area contributed by atoms with E-state index in [0.717, 1.165) is 50.5 Å². The molecule has 2 aromatic rings. The topological polar surface area (TPSA) is 87.0 Å². The van der Waals surface area contributed by atoms with E-state index in [0.29, 0.717) is 18.7 Å². The Kier molecular flexibility index (Phi) is 7.67. The number of carbonyl (C=O) groups excluding carboxylic acids is 1.